The van der Waals surface area contributed by atoms with Crippen molar-refractivity contribution >= 4 is 50.7 Å². The minimum atomic E-state index is -4.29. The average molecular weight is 582 g/mol. The van der Waals surface area contributed by atoms with E-state index in [9.17, 15) is 22.4 Å². The predicted octanol–water partition coefficient (Wildman–Crippen LogP) is 4.50. The van der Waals surface area contributed by atoms with Gasteiger partial charge in [0.2, 0.25) is 11.8 Å². The molecule has 0 saturated carbocycles. The van der Waals surface area contributed by atoms with Crippen LogP contribution in [0.5, 0.6) is 5.75 Å². The highest BCUT2D eigenvalue weighted by Gasteiger charge is 2.32. The first-order valence-corrected chi connectivity index (χ1v) is 13.5. The van der Waals surface area contributed by atoms with E-state index in [2.05, 4.69) is 5.32 Å². The maximum Gasteiger partial charge on any atom is 0.264 e. The van der Waals surface area contributed by atoms with E-state index in [1.807, 2.05) is 0 Å². The van der Waals surface area contributed by atoms with Gasteiger partial charge < -0.3 is 15.0 Å². The normalized spacial score (nSPS) is 11.9. The number of hydrogen-bond donors (Lipinski definition) is 1. The Morgan fingerprint density at radius 1 is 1.00 bits per heavy atom. The van der Waals surface area contributed by atoms with Crippen LogP contribution in [0.15, 0.2) is 71.6 Å². The minimum Gasteiger partial charge on any atom is -0.497 e. The summed E-state index contributed by atoms with van der Waals surface area (Å²) in [5.41, 5.74) is 0.646. The van der Waals surface area contributed by atoms with Gasteiger partial charge in [-0.1, -0.05) is 29.3 Å². The first kappa shape index (κ1) is 29.2. The Balaban J connectivity index is 2.03. The number of anilines is 1. The Labute approximate surface area is 231 Å². The van der Waals surface area contributed by atoms with Crippen LogP contribution in [0.4, 0.5) is 10.1 Å². The van der Waals surface area contributed by atoms with Crippen LogP contribution in [0.2, 0.25) is 10.0 Å². The Bertz CT molecular complexity index is 1400. The molecule has 202 valence electrons. The van der Waals surface area contributed by atoms with Gasteiger partial charge in [-0.25, -0.2) is 12.8 Å². The van der Waals surface area contributed by atoms with Crippen molar-refractivity contribution in [2.45, 2.75) is 24.4 Å². The van der Waals surface area contributed by atoms with Crippen molar-refractivity contribution in [1.29, 1.82) is 0 Å². The number of nitrogens with zero attached hydrogens (tertiary/aromatic N) is 2. The number of sulfonamides is 1. The van der Waals surface area contributed by atoms with Gasteiger partial charge in [0.15, 0.2) is 0 Å². The second kappa shape index (κ2) is 12.5. The molecule has 0 aromatic heterocycles. The van der Waals surface area contributed by atoms with E-state index in [0.29, 0.717) is 16.3 Å². The molecule has 0 heterocycles. The minimum absolute atomic E-state index is 0.0514. The molecule has 3 aromatic rings. The third-order valence-electron chi connectivity index (χ3n) is 5.79. The summed E-state index contributed by atoms with van der Waals surface area (Å²) in [7, 11) is -1.41. The number of ether oxygens (including phenoxy) is 1. The number of benzene rings is 3. The summed E-state index contributed by atoms with van der Waals surface area (Å²) in [6, 6.07) is 14.2. The zero-order valence-corrected chi connectivity index (χ0v) is 23.1. The second-order valence-corrected chi connectivity index (χ2v) is 10.9. The number of likely N-dealkylation sites (N-methyl/N-ethyl adjacent to an activating group) is 1. The van der Waals surface area contributed by atoms with Crippen LogP contribution in [0.1, 0.15) is 12.5 Å². The third-order valence-corrected chi connectivity index (χ3v) is 8.32. The molecule has 3 aromatic carbocycles. The first-order chi connectivity index (χ1) is 18.0. The van der Waals surface area contributed by atoms with E-state index in [-0.39, 0.29) is 22.2 Å². The number of hydrogen-bond acceptors (Lipinski definition) is 5. The molecule has 0 unspecified atom stereocenters. The zero-order valence-electron chi connectivity index (χ0n) is 20.8. The fourth-order valence-electron chi connectivity index (χ4n) is 3.64. The molecule has 0 radical (unpaired) electrons. The highest BCUT2D eigenvalue weighted by Crippen LogP contribution is 2.27. The van der Waals surface area contributed by atoms with Gasteiger partial charge in [-0.05, 0) is 73.2 Å². The van der Waals surface area contributed by atoms with Gasteiger partial charge in [-0.15, -0.1) is 0 Å². The van der Waals surface area contributed by atoms with Gasteiger partial charge in [0.1, 0.15) is 24.2 Å². The lowest BCUT2D eigenvalue weighted by Crippen LogP contribution is -2.50. The molecule has 0 aliphatic rings. The van der Waals surface area contributed by atoms with Gasteiger partial charge in [-0.3, -0.25) is 13.9 Å². The van der Waals surface area contributed by atoms with E-state index >= 15 is 0 Å². The topological polar surface area (TPSA) is 96.0 Å². The van der Waals surface area contributed by atoms with Crippen molar-refractivity contribution in [2.24, 2.45) is 0 Å². The summed E-state index contributed by atoms with van der Waals surface area (Å²) in [5.74, 6) is -1.25. The molecule has 1 N–H and O–H groups in total. The summed E-state index contributed by atoms with van der Waals surface area (Å²) in [5, 5.41) is 3.08. The van der Waals surface area contributed by atoms with Crippen LogP contribution < -0.4 is 14.4 Å². The Morgan fingerprint density at radius 3 is 2.18 bits per heavy atom. The van der Waals surface area contributed by atoms with Crippen molar-refractivity contribution < 1.29 is 27.1 Å². The van der Waals surface area contributed by atoms with Crippen LogP contribution in [-0.4, -0.2) is 51.9 Å². The van der Waals surface area contributed by atoms with Crippen molar-refractivity contribution in [3.8, 4) is 5.75 Å². The summed E-state index contributed by atoms with van der Waals surface area (Å²) in [6.07, 6.45) is 0. The molecule has 0 bridgehead atoms. The fourth-order valence-corrected chi connectivity index (χ4v) is 5.37. The lowest BCUT2D eigenvalue weighted by molar-refractivity contribution is -0.139. The van der Waals surface area contributed by atoms with Gasteiger partial charge in [-0.2, -0.15) is 0 Å². The molecular weight excluding hydrogens is 556 g/mol. The number of nitrogens with one attached hydrogen (secondary N) is 1. The van der Waals surface area contributed by atoms with Crippen LogP contribution in [0.3, 0.4) is 0 Å². The Kier molecular flexibility index (Phi) is 9.59. The molecule has 1 atom stereocenters. The van der Waals surface area contributed by atoms with Crippen LogP contribution >= 0.6 is 23.2 Å². The monoisotopic (exact) mass is 581 g/mol. The number of amides is 2. The summed E-state index contributed by atoms with van der Waals surface area (Å²) in [4.78, 5) is 27.3. The number of halogens is 3. The van der Waals surface area contributed by atoms with Crippen LogP contribution in [0.25, 0.3) is 0 Å². The van der Waals surface area contributed by atoms with Gasteiger partial charge in [0.25, 0.3) is 10.0 Å². The zero-order chi connectivity index (χ0) is 28.0. The highest BCUT2D eigenvalue weighted by molar-refractivity contribution is 7.92. The maximum atomic E-state index is 13.7. The van der Waals surface area contributed by atoms with E-state index in [1.165, 1.54) is 62.4 Å². The van der Waals surface area contributed by atoms with E-state index in [1.54, 1.807) is 18.2 Å². The van der Waals surface area contributed by atoms with E-state index < -0.39 is 40.2 Å². The molecule has 38 heavy (non-hydrogen) atoms. The highest BCUT2D eigenvalue weighted by atomic mass is 35.5. The number of carbonyl (C=O) groups is 2. The Hall–Kier alpha value is -3.34. The van der Waals surface area contributed by atoms with Crippen LogP contribution in [-0.2, 0) is 26.2 Å². The van der Waals surface area contributed by atoms with Gasteiger partial charge >= 0.3 is 0 Å². The largest absolute Gasteiger partial charge is 0.497 e. The third kappa shape index (κ3) is 6.75. The van der Waals surface area contributed by atoms with Crippen molar-refractivity contribution in [1.82, 2.24) is 10.2 Å². The molecule has 12 heteroatoms. The SMILES string of the molecule is CNC(=O)[C@H](C)N(Cc1ccc(Cl)c(Cl)c1)C(=O)CN(c1ccc(F)cc1)S(=O)(=O)c1ccc(OC)cc1. The molecule has 2 amide bonds. The van der Waals surface area contributed by atoms with Crippen molar-refractivity contribution in [2.75, 3.05) is 25.0 Å². The second-order valence-electron chi connectivity index (χ2n) is 8.22. The molecule has 3 rings (SSSR count). The van der Waals surface area contributed by atoms with Gasteiger partial charge in [0, 0.05) is 13.6 Å². The molecule has 0 aliphatic carbocycles. The summed E-state index contributed by atoms with van der Waals surface area (Å²) < 4.78 is 47.0. The molecule has 0 aliphatic heterocycles. The summed E-state index contributed by atoms with van der Waals surface area (Å²) in [6.45, 7) is 0.807. The lowest BCUT2D eigenvalue weighted by atomic mass is 10.1. The fraction of sp³-hybridized carbons (Fsp3) is 0.231. The van der Waals surface area contributed by atoms with E-state index in [0.717, 1.165) is 16.4 Å². The first-order valence-electron chi connectivity index (χ1n) is 11.3. The molecule has 0 saturated heterocycles. The predicted molar refractivity (Wildman–Crippen MR) is 144 cm³/mol. The smallest absolute Gasteiger partial charge is 0.264 e. The molecule has 8 nitrogen and oxygen atoms in total. The number of carbonyl (C=O) groups excluding carboxylic acids is 2. The molecule has 0 fully saturated rings. The Morgan fingerprint density at radius 2 is 1.63 bits per heavy atom. The average Bonchev–Trinajstić information content (AvgIpc) is 2.91. The van der Waals surface area contributed by atoms with Crippen LogP contribution in [0, 0.1) is 5.82 Å². The number of rotatable bonds is 10. The van der Waals surface area contributed by atoms with Gasteiger partial charge in [0.05, 0.1) is 27.7 Å². The maximum absolute atomic E-state index is 13.7. The lowest BCUT2D eigenvalue weighted by Gasteiger charge is -2.31. The summed E-state index contributed by atoms with van der Waals surface area (Å²) >= 11 is 12.1. The molecular formula is C26H26Cl2FN3O5S. The number of methoxy groups -OCH3 is 1. The molecule has 0 spiro atoms. The van der Waals surface area contributed by atoms with Crippen molar-refractivity contribution in [3.05, 3.63) is 88.2 Å². The quantitative estimate of drug-likeness (QED) is 0.380. The van der Waals surface area contributed by atoms with E-state index in [4.69, 9.17) is 27.9 Å². The standard InChI is InChI=1S/C26H26Cl2FN3O5S/c1-17(26(34)30-2)31(15-18-4-13-23(27)24(28)14-18)25(33)16-32(20-7-5-19(29)6-8-20)38(35,36)22-11-9-21(37-3)10-12-22/h4-14,17H,15-16H2,1-3H3,(H,30,34)/t17-/m0/s1. The van der Waals surface area contributed by atoms with Crippen molar-refractivity contribution in [3.63, 3.8) is 0 Å².